The van der Waals surface area contributed by atoms with Crippen LogP contribution < -0.4 is 5.32 Å². The Hall–Kier alpha value is -0.320. The van der Waals surface area contributed by atoms with Crippen LogP contribution >= 0.6 is 12.4 Å². The van der Waals surface area contributed by atoms with Crippen molar-refractivity contribution in [3.05, 3.63) is 0 Å². The molecule has 0 spiro atoms. The van der Waals surface area contributed by atoms with Crippen LogP contribution in [0.3, 0.4) is 0 Å². The predicted octanol–water partition coefficient (Wildman–Crippen LogP) is 0.655. The molecule has 1 aliphatic heterocycles. The van der Waals surface area contributed by atoms with Crippen molar-refractivity contribution in [2.45, 2.75) is 26.3 Å². The molecule has 1 saturated heterocycles. The molecular weight excluding hydrogens is 216 g/mol. The molecule has 0 radical (unpaired) electrons. The normalized spacial score (nSPS) is 20.9. The maximum Gasteiger partial charge on any atom is 0.224 e. The minimum absolute atomic E-state index is 0. The van der Waals surface area contributed by atoms with Crippen LogP contribution in [0.5, 0.6) is 0 Å². The second-order valence-electron chi connectivity index (χ2n) is 3.64. The molecule has 0 aliphatic carbocycles. The van der Waals surface area contributed by atoms with Gasteiger partial charge in [-0.2, -0.15) is 0 Å². The van der Waals surface area contributed by atoms with Gasteiger partial charge in [0.05, 0.1) is 13.0 Å². The number of piperazine rings is 1. The molecule has 1 N–H and O–H groups in total. The number of rotatable bonds is 4. The van der Waals surface area contributed by atoms with Gasteiger partial charge in [-0.15, -0.1) is 12.4 Å². The Bertz CT molecular complexity index is 190. The summed E-state index contributed by atoms with van der Waals surface area (Å²) < 4.78 is 5.16. The van der Waals surface area contributed by atoms with Crippen molar-refractivity contribution < 1.29 is 9.53 Å². The van der Waals surface area contributed by atoms with Crippen LogP contribution in [0, 0.1) is 0 Å². The molecule has 5 heteroatoms. The fourth-order valence-electron chi connectivity index (χ4n) is 1.62. The monoisotopic (exact) mass is 236 g/mol. The number of halogens is 1. The summed E-state index contributed by atoms with van der Waals surface area (Å²) in [7, 11) is 0. The average Bonchev–Trinajstić information content (AvgIpc) is 2.18. The van der Waals surface area contributed by atoms with Crippen LogP contribution in [0.1, 0.15) is 20.3 Å². The SMILES string of the molecule is CCOCCC(=O)N1CCN[C@H](C)C1.Cl. The molecular formula is C10H21ClN2O2. The standard InChI is InChI=1S/C10H20N2O2.ClH/c1-3-14-7-4-10(13)12-6-5-11-9(2)8-12;/h9,11H,3-8H2,1-2H3;1H/t9-;/m1./s1. The van der Waals surface area contributed by atoms with E-state index < -0.39 is 0 Å². The van der Waals surface area contributed by atoms with E-state index in [0.717, 1.165) is 19.6 Å². The van der Waals surface area contributed by atoms with E-state index in [2.05, 4.69) is 12.2 Å². The Kier molecular flexibility index (Phi) is 7.74. The van der Waals surface area contributed by atoms with E-state index in [1.807, 2.05) is 11.8 Å². The first-order chi connectivity index (χ1) is 6.74. The van der Waals surface area contributed by atoms with Gasteiger partial charge in [-0.1, -0.05) is 0 Å². The van der Waals surface area contributed by atoms with E-state index >= 15 is 0 Å². The fourth-order valence-corrected chi connectivity index (χ4v) is 1.62. The molecule has 1 heterocycles. The summed E-state index contributed by atoms with van der Waals surface area (Å²) >= 11 is 0. The third kappa shape index (κ3) is 5.35. The maximum atomic E-state index is 11.6. The van der Waals surface area contributed by atoms with Crippen molar-refractivity contribution in [1.29, 1.82) is 0 Å². The van der Waals surface area contributed by atoms with E-state index in [1.165, 1.54) is 0 Å². The van der Waals surface area contributed by atoms with Gasteiger partial charge in [-0.3, -0.25) is 4.79 Å². The van der Waals surface area contributed by atoms with Crippen LogP contribution in [0.2, 0.25) is 0 Å². The topological polar surface area (TPSA) is 41.6 Å². The van der Waals surface area contributed by atoms with Gasteiger partial charge in [-0.25, -0.2) is 0 Å². The van der Waals surface area contributed by atoms with Crippen LogP contribution in [-0.2, 0) is 9.53 Å². The molecule has 0 aromatic heterocycles. The van der Waals surface area contributed by atoms with E-state index in [1.54, 1.807) is 0 Å². The van der Waals surface area contributed by atoms with Crippen molar-refractivity contribution in [2.75, 3.05) is 32.8 Å². The summed E-state index contributed by atoms with van der Waals surface area (Å²) in [5.74, 6) is 0.215. The minimum Gasteiger partial charge on any atom is -0.381 e. The number of nitrogens with zero attached hydrogens (tertiary/aromatic N) is 1. The van der Waals surface area contributed by atoms with Crippen molar-refractivity contribution in [1.82, 2.24) is 10.2 Å². The highest BCUT2D eigenvalue weighted by Crippen LogP contribution is 2.01. The van der Waals surface area contributed by atoms with Crippen molar-refractivity contribution in [3.63, 3.8) is 0 Å². The number of amides is 1. The number of nitrogens with one attached hydrogen (secondary N) is 1. The molecule has 0 aromatic carbocycles. The second kappa shape index (κ2) is 7.91. The number of carbonyl (C=O) groups excluding carboxylic acids is 1. The number of hydrogen-bond donors (Lipinski definition) is 1. The van der Waals surface area contributed by atoms with Gasteiger partial charge in [-0.05, 0) is 13.8 Å². The molecule has 0 unspecified atom stereocenters. The second-order valence-corrected chi connectivity index (χ2v) is 3.64. The molecule has 1 rings (SSSR count). The first-order valence-electron chi connectivity index (χ1n) is 5.33. The minimum atomic E-state index is 0. The van der Waals surface area contributed by atoms with Gasteiger partial charge >= 0.3 is 0 Å². The van der Waals surface area contributed by atoms with Gasteiger partial charge in [0.2, 0.25) is 5.91 Å². The lowest BCUT2D eigenvalue weighted by molar-refractivity contribution is -0.133. The van der Waals surface area contributed by atoms with Crippen LogP contribution in [0.25, 0.3) is 0 Å². The van der Waals surface area contributed by atoms with Crippen LogP contribution in [0.15, 0.2) is 0 Å². The Morgan fingerprint density at radius 3 is 2.93 bits per heavy atom. The van der Waals surface area contributed by atoms with E-state index in [-0.39, 0.29) is 18.3 Å². The highest BCUT2D eigenvalue weighted by Gasteiger charge is 2.19. The van der Waals surface area contributed by atoms with Crippen LogP contribution in [-0.4, -0.2) is 49.7 Å². The fraction of sp³-hybridized carbons (Fsp3) is 0.900. The smallest absolute Gasteiger partial charge is 0.224 e. The van der Waals surface area contributed by atoms with Crippen LogP contribution in [0.4, 0.5) is 0 Å². The van der Waals surface area contributed by atoms with Gasteiger partial charge in [0.1, 0.15) is 0 Å². The Balaban J connectivity index is 0.00000196. The summed E-state index contributed by atoms with van der Waals surface area (Å²) in [6.07, 6.45) is 0.514. The molecule has 1 fully saturated rings. The summed E-state index contributed by atoms with van der Waals surface area (Å²) in [6, 6.07) is 0.416. The highest BCUT2D eigenvalue weighted by molar-refractivity contribution is 5.85. The number of hydrogen-bond acceptors (Lipinski definition) is 3. The Morgan fingerprint density at radius 1 is 1.60 bits per heavy atom. The first kappa shape index (κ1) is 14.7. The molecule has 0 saturated carbocycles. The molecule has 1 aliphatic rings. The molecule has 1 amide bonds. The van der Waals surface area contributed by atoms with Crippen molar-refractivity contribution in [2.24, 2.45) is 0 Å². The maximum absolute atomic E-state index is 11.6. The summed E-state index contributed by atoms with van der Waals surface area (Å²) in [6.45, 7) is 7.83. The molecule has 15 heavy (non-hydrogen) atoms. The highest BCUT2D eigenvalue weighted by atomic mass is 35.5. The first-order valence-corrected chi connectivity index (χ1v) is 5.33. The van der Waals surface area contributed by atoms with Crippen molar-refractivity contribution in [3.8, 4) is 0 Å². The molecule has 90 valence electrons. The van der Waals surface area contributed by atoms with Gasteiger partial charge in [0.15, 0.2) is 0 Å². The third-order valence-corrected chi connectivity index (χ3v) is 2.39. The third-order valence-electron chi connectivity index (χ3n) is 2.39. The molecule has 1 atom stereocenters. The zero-order valence-electron chi connectivity index (χ0n) is 9.49. The average molecular weight is 237 g/mol. The summed E-state index contributed by atoms with van der Waals surface area (Å²) in [4.78, 5) is 13.6. The Labute approximate surface area is 97.8 Å². The van der Waals surface area contributed by atoms with Gasteiger partial charge in [0.25, 0.3) is 0 Å². The lowest BCUT2D eigenvalue weighted by Crippen LogP contribution is -2.51. The predicted molar refractivity (Wildman–Crippen MR) is 62.4 cm³/mol. The largest absolute Gasteiger partial charge is 0.381 e. The summed E-state index contributed by atoms with van der Waals surface area (Å²) in [5.41, 5.74) is 0. The van der Waals surface area contributed by atoms with E-state index in [9.17, 15) is 4.79 Å². The van der Waals surface area contributed by atoms with Gasteiger partial charge in [0, 0.05) is 32.3 Å². The van der Waals surface area contributed by atoms with E-state index in [0.29, 0.717) is 25.7 Å². The lowest BCUT2D eigenvalue weighted by atomic mass is 10.2. The number of ether oxygens (including phenoxy) is 1. The zero-order valence-corrected chi connectivity index (χ0v) is 10.3. The molecule has 0 aromatic rings. The van der Waals surface area contributed by atoms with E-state index in [4.69, 9.17) is 4.74 Å². The Morgan fingerprint density at radius 2 is 2.33 bits per heavy atom. The quantitative estimate of drug-likeness (QED) is 0.729. The summed E-state index contributed by atoms with van der Waals surface area (Å²) in [5, 5.41) is 3.31. The molecule has 0 bridgehead atoms. The zero-order chi connectivity index (χ0) is 10.4. The molecule has 4 nitrogen and oxygen atoms in total. The van der Waals surface area contributed by atoms with Gasteiger partial charge < -0.3 is 15.0 Å². The number of carbonyl (C=O) groups is 1. The van der Waals surface area contributed by atoms with Crippen molar-refractivity contribution >= 4 is 18.3 Å². The lowest BCUT2D eigenvalue weighted by Gasteiger charge is -2.31.